The largest absolute Gasteiger partial charge is 0.368 e. The lowest BCUT2D eigenvalue weighted by Gasteiger charge is -2.13. The van der Waals surface area contributed by atoms with Crippen molar-refractivity contribution in [2.24, 2.45) is 5.73 Å². The Labute approximate surface area is 112 Å². The first-order chi connectivity index (χ1) is 8.45. The fourth-order valence-electron chi connectivity index (χ4n) is 1.79. The van der Waals surface area contributed by atoms with Gasteiger partial charge in [0.15, 0.2) is 0 Å². The summed E-state index contributed by atoms with van der Waals surface area (Å²) in [5.74, 6) is -0.562. The van der Waals surface area contributed by atoms with Crippen molar-refractivity contribution in [3.8, 4) is 0 Å². The van der Waals surface area contributed by atoms with Gasteiger partial charge in [-0.25, -0.2) is 9.37 Å². The third-order valence-electron chi connectivity index (χ3n) is 2.72. The second-order valence-electron chi connectivity index (χ2n) is 3.87. The standard InChI is InChI=1S/C11H10Cl2FN3O/c1-5(11(15)18)17-9-2-6(13)7(14)3-8(9)16-10(17)4-12/h2-3,5H,4H2,1H3,(H2,15,18). The van der Waals surface area contributed by atoms with Crippen LogP contribution in [0.15, 0.2) is 12.1 Å². The number of hydrogen-bond acceptors (Lipinski definition) is 2. The van der Waals surface area contributed by atoms with Gasteiger partial charge in [-0.3, -0.25) is 4.79 Å². The van der Waals surface area contributed by atoms with Crippen LogP contribution in [0.2, 0.25) is 5.02 Å². The van der Waals surface area contributed by atoms with Crippen LogP contribution in [0.5, 0.6) is 0 Å². The van der Waals surface area contributed by atoms with Crippen molar-refractivity contribution in [3.05, 3.63) is 28.8 Å². The average Bonchev–Trinajstić information content (AvgIpc) is 2.66. The van der Waals surface area contributed by atoms with Gasteiger partial charge in [0, 0.05) is 6.07 Å². The molecule has 1 aromatic heterocycles. The van der Waals surface area contributed by atoms with Gasteiger partial charge in [-0.05, 0) is 13.0 Å². The maximum absolute atomic E-state index is 13.3. The molecule has 2 N–H and O–H groups in total. The molecule has 7 heteroatoms. The molecule has 96 valence electrons. The zero-order valence-electron chi connectivity index (χ0n) is 9.45. The van der Waals surface area contributed by atoms with Crippen LogP contribution in [0, 0.1) is 5.82 Å². The van der Waals surface area contributed by atoms with Gasteiger partial charge in [-0.2, -0.15) is 0 Å². The molecule has 1 unspecified atom stereocenters. The second-order valence-corrected chi connectivity index (χ2v) is 4.54. The first-order valence-corrected chi connectivity index (χ1v) is 6.08. The van der Waals surface area contributed by atoms with Crippen molar-refractivity contribution in [2.75, 3.05) is 0 Å². The molecule has 0 saturated heterocycles. The minimum atomic E-state index is -0.634. The summed E-state index contributed by atoms with van der Waals surface area (Å²) in [6, 6.07) is 1.98. The molecule has 1 heterocycles. The van der Waals surface area contributed by atoms with Crippen LogP contribution in [0.4, 0.5) is 4.39 Å². The van der Waals surface area contributed by atoms with Crippen molar-refractivity contribution in [3.63, 3.8) is 0 Å². The van der Waals surface area contributed by atoms with E-state index in [9.17, 15) is 9.18 Å². The molecule has 1 amide bonds. The quantitative estimate of drug-likeness (QED) is 0.883. The van der Waals surface area contributed by atoms with Crippen molar-refractivity contribution in [1.82, 2.24) is 9.55 Å². The first kappa shape index (κ1) is 13.1. The number of carbonyl (C=O) groups excluding carboxylic acids is 1. The molecule has 0 bridgehead atoms. The van der Waals surface area contributed by atoms with E-state index in [-0.39, 0.29) is 10.9 Å². The van der Waals surface area contributed by atoms with Gasteiger partial charge in [0.25, 0.3) is 0 Å². The number of amides is 1. The van der Waals surface area contributed by atoms with Crippen molar-refractivity contribution in [2.45, 2.75) is 18.8 Å². The van der Waals surface area contributed by atoms with Crippen molar-refractivity contribution in [1.29, 1.82) is 0 Å². The van der Waals surface area contributed by atoms with Crippen LogP contribution in [0.1, 0.15) is 18.8 Å². The van der Waals surface area contributed by atoms with E-state index in [4.69, 9.17) is 28.9 Å². The van der Waals surface area contributed by atoms with Gasteiger partial charge >= 0.3 is 0 Å². The van der Waals surface area contributed by atoms with Crippen LogP contribution < -0.4 is 5.73 Å². The van der Waals surface area contributed by atoms with Crippen molar-refractivity contribution >= 4 is 40.1 Å². The topological polar surface area (TPSA) is 60.9 Å². The van der Waals surface area contributed by atoms with Gasteiger partial charge in [0.05, 0.1) is 21.9 Å². The SMILES string of the molecule is CC(C(N)=O)n1c(CCl)nc2cc(F)c(Cl)cc21. The molecule has 0 radical (unpaired) electrons. The van der Waals surface area contributed by atoms with E-state index in [0.29, 0.717) is 16.9 Å². The van der Waals surface area contributed by atoms with E-state index in [1.165, 1.54) is 12.1 Å². The first-order valence-electron chi connectivity index (χ1n) is 5.16. The maximum Gasteiger partial charge on any atom is 0.240 e. The fourth-order valence-corrected chi connectivity index (χ4v) is 2.14. The Kier molecular flexibility index (Phi) is 3.45. The Bertz CT molecular complexity index is 626. The zero-order valence-corrected chi connectivity index (χ0v) is 11.0. The third-order valence-corrected chi connectivity index (χ3v) is 3.25. The molecule has 2 aromatic rings. The predicted octanol–water partition coefficient (Wildman–Crippen LogP) is 2.61. The summed E-state index contributed by atoms with van der Waals surface area (Å²) in [5.41, 5.74) is 6.19. The Morgan fingerprint density at radius 2 is 2.28 bits per heavy atom. The van der Waals surface area contributed by atoms with E-state index < -0.39 is 17.8 Å². The molecule has 0 spiro atoms. The Hall–Kier alpha value is -1.33. The molecule has 1 atom stereocenters. The lowest BCUT2D eigenvalue weighted by atomic mass is 10.2. The summed E-state index contributed by atoms with van der Waals surface area (Å²) < 4.78 is 14.9. The molecule has 4 nitrogen and oxygen atoms in total. The predicted molar refractivity (Wildman–Crippen MR) is 68.2 cm³/mol. The van der Waals surface area contributed by atoms with Crippen LogP contribution in [-0.4, -0.2) is 15.5 Å². The molecule has 1 aromatic carbocycles. The number of nitrogens with zero attached hydrogens (tertiary/aromatic N) is 2. The monoisotopic (exact) mass is 289 g/mol. The minimum Gasteiger partial charge on any atom is -0.368 e. The number of fused-ring (bicyclic) bond motifs is 1. The highest BCUT2D eigenvalue weighted by Gasteiger charge is 2.20. The molecule has 0 fully saturated rings. The summed E-state index contributed by atoms with van der Waals surface area (Å²) in [7, 11) is 0. The molecule has 0 aliphatic heterocycles. The normalized spacial score (nSPS) is 12.9. The maximum atomic E-state index is 13.3. The highest BCUT2D eigenvalue weighted by molar-refractivity contribution is 6.31. The summed E-state index contributed by atoms with van der Waals surface area (Å²) in [4.78, 5) is 15.4. The van der Waals surface area contributed by atoms with E-state index in [0.717, 1.165) is 0 Å². The van der Waals surface area contributed by atoms with Gasteiger partial charge in [0.1, 0.15) is 17.7 Å². The highest BCUT2D eigenvalue weighted by Crippen LogP contribution is 2.27. The molecule has 0 saturated carbocycles. The summed E-state index contributed by atoms with van der Waals surface area (Å²) >= 11 is 11.5. The number of rotatable bonds is 3. The second kappa shape index (κ2) is 4.74. The lowest BCUT2D eigenvalue weighted by Crippen LogP contribution is -2.25. The number of nitrogens with two attached hydrogens (primary N) is 1. The van der Waals surface area contributed by atoms with Crippen molar-refractivity contribution < 1.29 is 9.18 Å². The van der Waals surface area contributed by atoms with Crippen LogP contribution >= 0.6 is 23.2 Å². The number of hydrogen-bond donors (Lipinski definition) is 1. The fraction of sp³-hybridized carbons (Fsp3) is 0.273. The Morgan fingerprint density at radius 1 is 1.61 bits per heavy atom. The number of halogens is 3. The minimum absolute atomic E-state index is 0.0403. The van der Waals surface area contributed by atoms with Crippen LogP contribution in [0.25, 0.3) is 11.0 Å². The Balaban J connectivity index is 2.76. The number of aromatic nitrogens is 2. The molecule has 0 aliphatic rings. The molecule has 18 heavy (non-hydrogen) atoms. The van der Waals surface area contributed by atoms with E-state index in [1.54, 1.807) is 11.5 Å². The Morgan fingerprint density at radius 3 is 2.83 bits per heavy atom. The van der Waals surface area contributed by atoms with E-state index in [2.05, 4.69) is 4.98 Å². The summed E-state index contributed by atoms with van der Waals surface area (Å²) in [6.07, 6.45) is 0. The van der Waals surface area contributed by atoms with Gasteiger partial charge in [-0.1, -0.05) is 11.6 Å². The van der Waals surface area contributed by atoms with E-state index in [1.807, 2.05) is 0 Å². The van der Waals surface area contributed by atoms with Gasteiger partial charge in [0.2, 0.25) is 5.91 Å². The van der Waals surface area contributed by atoms with Gasteiger partial charge < -0.3 is 10.3 Å². The number of primary amides is 1. The molecular weight excluding hydrogens is 280 g/mol. The lowest BCUT2D eigenvalue weighted by molar-refractivity contribution is -0.120. The number of benzene rings is 1. The molecule has 0 aliphatic carbocycles. The number of imidazole rings is 1. The highest BCUT2D eigenvalue weighted by atomic mass is 35.5. The average molecular weight is 290 g/mol. The summed E-state index contributed by atoms with van der Waals surface area (Å²) in [5, 5.41) is -0.0403. The zero-order chi connectivity index (χ0) is 13.4. The van der Waals surface area contributed by atoms with Crippen LogP contribution in [-0.2, 0) is 10.7 Å². The molecular formula is C11H10Cl2FN3O. The third kappa shape index (κ3) is 2.04. The van der Waals surface area contributed by atoms with Gasteiger partial charge in [-0.15, -0.1) is 11.6 Å². The number of alkyl halides is 1. The summed E-state index contributed by atoms with van der Waals surface area (Å²) in [6.45, 7) is 1.62. The molecule has 2 rings (SSSR count). The van der Waals surface area contributed by atoms with Crippen LogP contribution in [0.3, 0.4) is 0 Å². The smallest absolute Gasteiger partial charge is 0.240 e. The van der Waals surface area contributed by atoms with E-state index >= 15 is 0 Å². The number of carbonyl (C=O) groups is 1.